The monoisotopic (exact) mass is 401 g/mol. The SMILES string of the molecule is CC(C)(CN1CCC(CNC(=O)N2C(=O)C(C)(C)c3ccccc32)CC1)C(=O)O. The van der Waals surface area contributed by atoms with Crippen LogP contribution in [0, 0.1) is 11.3 Å². The minimum atomic E-state index is -0.787. The summed E-state index contributed by atoms with van der Waals surface area (Å²) < 4.78 is 0. The Morgan fingerprint density at radius 3 is 2.45 bits per heavy atom. The van der Waals surface area contributed by atoms with Gasteiger partial charge in [0.2, 0.25) is 5.91 Å². The lowest BCUT2D eigenvalue weighted by Crippen LogP contribution is -2.48. The first-order chi connectivity index (χ1) is 13.5. The van der Waals surface area contributed by atoms with E-state index in [2.05, 4.69) is 10.2 Å². The van der Waals surface area contributed by atoms with Gasteiger partial charge in [-0.2, -0.15) is 0 Å². The Balaban J connectivity index is 1.54. The van der Waals surface area contributed by atoms with E-state index in [-0.39, 0.29) is 11.9 Å². The number of carbonyl (C=O) groups is 3. The van der Waals surface area contributed by atoms with Gasteiger partial charge < -0.3 is 15.3 Å². The van der Waals surface area contributed by atoms with Gasteiger partial charge in [-0.25, -0.2) is 9.69 Å². The number of imide groups is 1. The number of fused-ring (bicyclic) bond motifs is 1. The minimum Gasteiger partial charge on any atom is -0.481 e. The van der Waals surface area contributed by atoms with Crippen LogP contribution in [0.5, 0.6) is 0 Å². The van der Waals surface area contributed by atoms with Gasteiger partial charge in [0.25, 0.3) is 0 Å². The maximum Gasteiger partial charge on any atom is 0.328 e. The van der Waals surface area contributed by atoms with Gasteiger partial charge in [-0.3, -0.25) is 9.59 Å². The van der Waals surface area contributed by atoms with Crippen LogP contribution in [0.4, 0.5) is 10.5 Å². The Labute approximate surface area is 172 Å². The van der Waals surface area contributed by atoms with Crippen molar-refractivity contribution in [3.8, 4) is 0 Å². The van der Waals surface area contributed by atoms with Crippen molar-refractivity contribution >= 4 is 23.6 Å². The zero-order chi connectivity index (χ0) is 21.4. The molecule has 3 rings (SSSR count). The second-order valence-electron chi connectivity index (χ2n) is 9.38. The molecule has 0 atom stereocenters. The number of nitrogens with zero attached hydrogens (tertiary/aromatic N) is 2. The molecule has 2 heterocycles. The van der Waals surface area contributed by atoms with Crippen LogP contribution in [0.2, 0.25) is 0 Å². The Bertz CT molecular complexity index is 810. The maximum atomic E-state index is 12.8. The number of anilines is 1. The normalized spacial score (nSPS) is 19.9. The third-order valence-electron chi connectivity index (χ3n) is 6.21. The molecular formula is C22H31N3O4. The molecule has 2 aliphatic rings. The van der Waals surface area contributed by atoms with Gasteiger partial charge >= 0.3 is 12.0 Å². The largest absolute Gasteiger partial charge is 0.481 e. The van der Waals surface area contributed by atoms with Gasteiger partial charge in [0.05, 0.1) is 16.5 Å². The number of rotatable bonds is 5. The van der Waals surface area contributed by atoms with Gasteiger partial charge in [-0.05, 0) is 71.2 Å². The van der Waals surface area contributed by atoms with Crippen molar-refractivity contribution in [1.82, 2.24) is 10.2 Å². The molecule has 0 aromatic heterocycles. The number of hydrogen-bond donors (Lipinski definition) is 2. The van der Waals surface area contributed by atoms with Crippen molar-refractivity contribution in [2.75, 3.05) is 31.1 Å². The molecule has 0 unspecified atom stereocenters. The lowest BCUT2D eigenvalue weighted by molar-refractivity contribution is -0.148. The van der Waals surface area contributed by atoms with Gasteiger partial charge in [-0.1, -0.05) is 18.2 Å². The van der Waals surface area contributed by atoms with Crippen molar-refractivity contribution in [2.45, 2.75) is 46.0 Å². The van der Waals surface area contributed by atoms with E-state index in [1.165, 1.54) is 4.90 Å². The molecule has 0 aliphatic carbocycles. The average Bonchev–Trinajstić information content (AvgIpc) is 2.87. The Morgan fingerprint density at radius 1 is 1.21 bits per heavy atom. The number of carboxylic acids is 1. The zero-order valence-corrected chi connectivity index (χ0v) is 17.7. The van der Waals surface area contributed by atoms with E-state index in [0.29, 0.717) is 24.7 Å². The highest BCUT2D eigenvalue weighted by atomic mass is 16.4. The summed E-state index contributed by atoms with van der Waals surface area (Å²) >= 11 is 0. The number of urea groups is 1. The summed E-state index contributed by atoms with van der Waals surface area (Å²) in [4.78, 5) is 40.4. The van der Waals surface area contributed by atoms with E-state index in [0.717, 1.165) is 31.5 Å². The van der Waals surface area contributed by atoms with Crippen molar-refractivity contribution in [2.24, 2.45) is 11.3 Å². The molecule has 0 bridgehead atoms. The Morgan fingerprint density at radius 2 is 1.83 bits per heavy atom. The number of amides is 3. The highest BCUT2D eigenvalue weighted by molar-refractivity contribution is 6.22. The topological polar surface area (TPSA) is 90.0 Å². The van der Waals surface area contributed by atoms with Gasteiger partial charge in [0, 0.05) is 13.1 Å². The van der Waals surface area contributed by atoms with Crippen LogP contribution in [0.25, 0.3) is 0 Å². The van der Waals surface area contributed by atoms with Crippen molar-refractivity contribution < 1.29 is 19.5 Å². The summed E-state index contributed by atoms with van der Waals surface area (Å²) in [5.41, 5.74) is 0.0494. The molecule has 2 aliphatic heterocycles. The summed E-state index contributed by atoms with van der Waals surface area (Å²) in [6.45, 7) is 9.84. The molecule has 1 fully saturated rings. The molecule has 7 heteroatoms. The number of aliphatic carboxylic acids is 1. The second kappa shape index (κ2) is 7.78. The standard InChI is InChI=1S/C22H31N3O4/c1-21(2,19(27)28)14-24-11-9-15(10-12-24)13-23-20(29)25-17-8-6-5-7-16(17)22(3,4)18(25)26/h5-8,15H,9-14H2,1-4H3,(H,23,29)(H,27,28). The predicted molar refractivity (Wildman–Crippen MR) is 111 cm³/mol. The van der Waals surface area contributed by atoms with E-state index in [9.17, 15) is 19.5 Å². The van der Waals surface area contributed by atoms with Crippen LogP contribution < -0.4 is 10.2 Å². The molecule has 1 saturated heterocycles. The third kappa shape index (κ3) is 4.15. The molecule has 0 spiro atoms. The molecule has 1 aromatic carbocycles. The van der Waals surface area contributed by atoms with Crippen molar-refractivity contribution in [3.05, 3.63) is 29.8 Å². The highest BCUT2D eigenvalue weighted by Crippen LogP contribution is 2.41. The zero-order valence-electron chi connectivity index (χ0n) is 17.7. The molecule has 0 radical (unpaired) electrons. The number of carbonyl (C=O) groups excluding carboxylic acids is 2. The van der Waals surface area contributed by atoms with Crippen LogP contribution in [0.3, 0.4) is 0 Å². The Kier molecular flexibility index (Phi) is 5.72. The smallest absolute Gasteiger partial charge is 0.328 e. The summed E-state index contributed by atoms with van der Waals surface area (Å²) in [5, 5.41) is 12.2. The fourth-order valence-electron chi connectivity index (χ4n) is 4.19. The predicted octanol–water partition coefficient (Wildman–Crippen LogP) is 2.84. The molecule has 29 heavy (non-hydrogen) atoms. The lowest BCUT2D eigenvalue weighted by atomic mass is 9.86. The van der Waals surface area contributed by atoms with Crippen molar-refractivity contribution in [3.63, 3.8) is 0 Å². The molecule has 3 amide bonds. The fourth-order valence-corrected chi connectivity index (χ4v) is 4.19. The van der Waals surface area contributed by atoms with E-state index < -0.39 is 16.8 Å². The fraction of sp³-hybridized carbons (Fsp3) is 0.591. The summed E-state index contributed by atoms with van der Waals surface area (Å²) in [7, 11) is 0. The van der Waals surface area contributed by atoms with Crippen LogP contribution in [0.15, 0.2) is 24.3 Å². The molecule has 7 nitrogen and oxygen atoms in total. The molecule has 1 aromatic rings. The Hall–Kier alpha value is -2.41. The number of piperidine rings is 1. The number of carboxylic acid groups (broad SMARTS) is 1. The minimum absolute atomic E-state index is 0.207. The number of nitrogens with one attached hydrogen (secondary N) is 1. The van der Waals surface area contributed by atoms with Crippen LogP contribution in [-0.4, -0.2) is 54.1 Å². The first-order valence-corrected chi connectivity index (χ1v) is 10.2. The van der Waals surface area contributed by atoms with Gasteiger partial charge in [0.1, 0.15) is 0 Å². The van der Waals surface area contributed by atoms with Crippen LogP contribution in [-0.2, 0) is 15.0 Å². The summed E-state index contributed by atoms with van der Waals surface area (Å²) in [5.74, 6) is -0.670. The van der Waals surface area contributed by atoms with Crippen LogP contribution in [0.1, 0.15) is 46.1 Å². The number of para-hydroxylation sites is 1. The molecule has 0 saturated carbocycles. The van der Waals surface area contributed by atoms with E-state index in [1.54, 1.807) is 13.8 Å². The number of hydrogen-bond acceptors (Lipinski definition) is 4. The average molecular weight is 402 g/mol. The number of likely N-dealkylation sites (tertiary alicyclic amines) is 1. The maximum absolute atomic E-state index is 12.8. The first kappa shape index (κ1) is 21.3. The summed E-state index contributed by atoms with van der Waals surface area (Å²) in [6.07, 6.45) is 1.79. The first-order valence-electron chi connectivity index (χ1n) is 10.2. The van der Waals surface area contributed by atoms with E-state index >= 15 is 0 Å². The van der Waals surface area contributed by atoms with E-state index in [4.69, 9.17) is 0 Å². The third-order valence-corrected chi connectivity index (χ3v) is 6.21. The van der Waals surface area contributed by atoms with E-state index in [1.807, 2.05) is 38.1 Å². The van der Waals surface area contributed by atoms with Crippen molar-refractivity contribution in [1.29, 1.82) is 0 Å². The molecule has 2 N–H and O–H groups in total. The van der Waals surface area contributed by atoms with Crippen LogP contribution >= 0.6 is 0 Å². The van der Waals surface area contributed by atoms with Gasteiger partial charge in [-0.15, -0.1) is 0 Å². The van der Waals surface area contributed by atoms with Gasteiger partial charge in [0.15, 0.2) is 0 Å². The highest BCUT2D eigenvalue weighted by Gasteiger charge is 2.46. The second-order valence-corrected chi connectivity index (χ2v) is 9.38. The quantitative estimate of drug-likeness (QED) is 0.792. The molecular weight excluding hydrogens is 370 g/mol. The lowest BCUT2D eigenvalue weighted by Gasteiger charge is -2.35. The molecule has 158 valence electrons. The summed E-state index contributed by atoms with van der Waals surface area (Å²) in [6, 6.07) is 7.05. The number of benzene rings is 1.